The number of nitrogen functional groups attached to an aromatic ring is 1. The monoisotopic (exact) mass is 345 g/mol. The van der Waals surface area contributed by atoms with E-state index < -0.39 is 6.09 Å². The highest BCUT2D eigenvalue weighted by Gasteiger charge is 2.48. The van der Waals surface area contributed by atoms with Gasteiger partial charge in [-0.25, -0.2) is 4.79 Å². The average Bonchev–Trinajstić information content (AvgIpc) is 3.11. The van der Waals surface area contributed by atoms with Crippen molar-refractivity contribution in [3.05, 3.63) is 35.4 Å². The maximum atomic E-state index is 11.3. The van der Waals surface area contributed by atoms with Crippen LogP contribution in [0.25, 0.3) is 0 Å². The molecule has 1 aromatic carbocycles. The fourth-order valence-corrected chi connectivity index (χ4v) is 4.77. The number of hydrogen-bond acceptors (Lipinski definition) is 6. The van der Waals surface area contributed by atoms with Gasteiger partial charge in [0.05, 0.1) is 6.04 Å². The van der Waals surface area contributed by atoms with Gasteiger partial charge in [-0.1, -0.05) is 35.6 Å². The zero-order valence-corrected chi connectivity index (χ0v) is 13.9. The summed E-state index contributed by atoms with van der Waals surface area (Å²) in [5, 5.41) is 21.4. The lowest BCUT2D eigenvalue weighted by atomic mass is 9.73. The number of amides is 1. The topological polar surface area (TPSA) is 104 Å². The smallest absolute Gasteiger partial charge is 0.405 e. The number of benzene rings is 1. The molecule has 24 heavy (non-hydrogen) atoms. The molecule has 2 heterocycles. The van der Waals surface area contributed by atoms with Crippen molar-refractivity contribution in [2.24, 2.45) is 5.41 Å². The number of rotatable bonds is 2. The van der Waals surface area contributed by atoms with Crippen molar-refractivity contribution in [2.75, 3.05) is 23.7 Å². The third-order valence-electron chi connectivity index (χ3n) is 5.25. The Morgan fingerprint density at radius 3 is 2.75 bits per heavy atom. The van der Waals surface area contributed by atoms with Crippen molar-refractivity contribution < 1.29 is 9.90 Å². The van der Waals surface area contributed by atoms with E-state index in [2.05, 4.69) is 26.5 Å². The van der Waals surface area contributed by atoms with Crippen LogP contribution in [0.5, 0.6) is 0 Å². The molecule has 1 aromatic heterocycles. The van der Waals surface area contributed by atoms with Crippen molar-refractivity contribution in [3.63, 3.8) is 0 Å². The third kappa shape index (κ3) is 2.47. The van der Waals surface area contributed by atoms with Crippen LogP contribution in [-0.2, 0) is 6.42 Å². The van der Waals surface area contributed by atoms with Crippen LogP contribution in [0.3, 0.4) is 0 Å². The van der Waals surface area contributed by atoms with Gasteiger partial charge in [-0.15, -0.1) is 10.2 Å². The first kappa shape index (κ1) is 15.2. The summed E-state index contributed by atoms with van der Waals surface area (Å²) in [4.78, 5) is 13.5. The van der Waals surface area contributed by atoms with Gasteiger partial charge in [0.2, 0.25) is 10.3 Å². The van der Waals surface area contributed by atoms with Crippen molar-refractivity contribution in [2.45, 2.75) is 25.3 Å². The standard InChI is InChI=1S/C16H19N5O2S/c17-13-19-20-14(24-13)21-7-5-16(6-8-21)9-10-3-1-2-4-11(10)12(16)18-15(22)23/h1-4,12,18H,5-9H2,(H2,17,19)(H,22,23)/t12-/m1/s1. The summed E-state index contributed by atoms with van der Waals surface area (Å²) in [6.45, 7) is 1.67. The van der Waals surface area contributed by atoms with Crippen LogP contribution in [-0.4, -0.2) is 34.5 Å². The number of hydrogen-bond donors (Lipinski definition) is 3. The molecule has 2 aromatic rings. The van der Waals surface area contributed by atoms with Gasteiger partial charge in [0.25, 0.3) is 0 Å². The molecule has 1 fully saturated rings. The maximum absolute atomic E-state index is 11.3. The minimum atomic E-state index is -0.963. The van der Waals surface area contributed by atoms with Crippen LogP contribution >= 0.6 is 11.3 Å². The van der Waals surface area contributed by atoms with Gasteiger partial charge in [-0.2, -0.15) is 0 Å². The molecule has 1 atom stereocenters. The average molecular weight is 345 g/mol. The van der Waals surface area contributed by atoms with Crippen LogP contribution < -0.4 is 16.0 Å². The number of carbonyl (C=O) groups is 1. The normalized spacial score (nSPS) is 21.7. The molecule has 4 N–H and O–H groups in total. The summed E-state index contributed by atoms with van der Waals surface area (Å²) in [6, 6.07) is 8.01. The van der Waals surface area contributed by atoms with Gasteiger partial charge in [0.1, 0.15) is 0 Å². The van der Waals surface area contributed by atoms with Gasteiger partial charge in [-0.3, -0.25) is 0 Å². The first-order valence-electron chi connectivity index (χ1n) is 7.99. The van der Waals surface area contributed by atoms with Crippen molar-refractivity contribution in [1.29, 1.82) is 0 Å². The summed E-state index contributed by atoms with van der Waals surface area (Å²) in [5.41, 5.74) is 7.99. The van der Waals surface area contributed by atoms with E-state index >= 15 is 0 Å². The number of anilines is 2. The summed E-state index contributed by atoms with van der Waals surface area (Å²) >= 11 is 1.40. The molecule has 1 amide bonds. The number of nitrogens with two attached hydrogens (primary N) is 1. The minimum absolute atomic E-state index is 0.0607. The Bertz CT molecular complexity index is 769. The molecule has 0 bridgehead atoms. The molecule has 0 unspecified atom stereocenters. The largest absolute Gasteiger partial charge is 0.465 e. The van der Waals surface area contributed by atoms with Gasteiger partial charge >= 0.3 is 6.09 Å². The number of nitrogens with zero attached hydrogens (tertiary/aromatic N) is 3. The van der Waals surface area contributed by atoms with E-state index in [0.717, 1.165) is 43.0 Å². The number of aromatic nitrogens is 2. The van der Waals surface area contributed by atoms with Crippen molar-refractivity contribution in [3.8, 4) is 0 Å². The predicted molar refractivity (Wildman–Crippen MR) is 92.2 cm³/mol. The second-order valence-electron chi connectivity index (χ2n) is 6.53. The van der Waals surface area contributed by atoms with E-state index in [1.807, 2.05) is 18.2 Å². The molecule has 0 saturated carbocycles. The Labute approximate surface area is 143 Å². The molecule has 1 saturated heterocycles. The molecule has 2 aliphatic rings. The van der Waals surface area contributed by atoms with Gasteiger partial charge in [-0.05, 0) is 30.4 Å². The van der Waals surface area contributed by atoms with Gasteiger partial charge < -0.3 is 21.1 Å². The number of carboxylic acid groups (broad SMARTS) is 1. The van der Waals surface area contributed by atoms with E-state index in [-0.39, 0.29) is 11.5 Å². The Balaban J connectivity index is 1.58. The maximum Gasteiger partial charge on any atom is 0.405 e. The second kappa shape index (κ2) is 5.62. The lowest BCUT2D eigenvalue weighted by Crippen LogP contribution is -2.46. The fraction of sp³-hybridized carbons (Fsp3) is 0.438. The summed E-state index contributed by atoms with van der Waals surface area (Å²) in [5.74, 6) is 0. The second-order valence-corrected chi connectivity index (χ2v) is 7.52. The Morgan fingerprint density at radius 1 is 1.33 bits per heavy atom. The predicted octanol–water partition coefficient (Wildman–Crippen LogP) is 2.27. The SMILES string of the molecule is Nc1nnc(N2CCC3(CC2)Cc2ccccc2[C@H]3NC(=O)O)s1. The van der Waals surface area contributed by atoms with Gasteiger partial charge in [0.15, 0.2) is 0 Å². The lowest BCUT2D eigenvalue weighted by Gasteiger charge is -2.43. The highest BCUT2D eigenvalue weighted by molar-refractivity contribution is 7.18. The number of fused-ring (bicyclic) bond motifs is 1. The molecule has 0 radical (unpaired) electrons. The first-order valence-corrected chi connectivity index (χ1v) is 8.80. The van der Waals surface area contributed by atoms with Crippen LogP contribution in [0.4, 0.5) is 15.1 Å². The number of piperidine rings is 1. The first-order chi connectivity index (χ1) is 11.6. The van der Waals surface area contributed by atoms with Gasteiger partial charge in [0, 0.05) is 18.5 Å². The van der Waals surface area contributed by atoms with Crippen molar-refractivity contribution >= 4 is 27.7 Å². The summed E-state index contributed by atoms with van der Waals surface area (Å²) in [6.07, 6.45) is 1.77. The zero-order chi connectivity index (χ0) is 16.7. The van der Waals surface area contributed by atoms with Crippen LogP contribution in [0, 0.1) is 5.41 Å². The summed E-state index contributed by atoms with van der Waals surface area (Å²) < 4.78 is 0. The van der Waals surface area contributed by atoms with E-state index in [0.29, 0.717) is 5.13 Å². The Morgan fingerprint density at radius 2 is 2.08 bits per heavy atom. The summed E-state index contributed by atoms with van der Waals surface area (Å²) in [7, 11) is 0. The molecular formula is C16H19N5O2S. The van der Waals surface area contributed by atoms with E-state index in [4.69, 9.17) is 5.73 Å². The molecule has 4 rings (SSSR count). The Kier molecular flexibility index (Phi) is 3.56. The van der Waals surface area contributed by atoms with E-state index in [9.17, 15) is 9.90 Å². The quantitative estimate of drug-likeness (QED) is 0.771. The molecule has 1 aliphatic carbocycles. The van der Waals surface area contributed by atoms with Crippen LogP contribution in [0.15, 0.2) is 24.3 Å². The van der Waals surface area contributed by atoms with Crippen molar-refractivity contribution in [1.82, 2.24) is 15.5 Å². The fourth-order valence-electron chi connectivity index (χ4n) is 4.11. The lowest BCUT2D eigenvalue weighted by molar-refractivity contribution is 0.141. The highest BCUT2D eigenvalue weighted by Crippen LogP contribution is 2.52. The molecule has 1 aliphatic heterocycles. The molecule has 7 nitrogen and oxygen atoms in total. The molecule has 126 valence electrons. The molecule has 1 spiro atoms. The molecule has 8 heteroatoms. The van der Waals surface area contributed by atoms with Crippen LogP contribution in [0.1, 0.15) is 30.0 Å². The highest BCUT2D eigenvalue weighted by atomic mass is 32.1. The van der Waals surface area contributed by atoms with Crippen LogP contribution in [0.2, 0.25) is 0 Å². The Hall–Kier alpha value is -2.35. The number of nitrogens with one attached hydrogen (secondary N) is 1. The minimum Gasteiger partial charge on any atom is -0.465 e. The third-order valence-corrected chi connectivity index (χ3v) is 6.06. The zero-order valence-electron chi connectivity index (χ0n) is 13.1. The van der Waals surface area contributed by atoms with E-state index in [1.54, 1.807) is 0 Å². The molecular weight excluding hydrogens is 326 g/mol. The van der Waals surface area contributed by atoms with E-state index in [1.165, 1.54) is 16.9 Å².